The zero-order chi connectivity index (χ0) is 13.5. The molecule has 0 aromatic heterocycles. The number of benzene rings is 1. The number of rotatable bonds is 6. The van der Waals surface area contributed by atoms with Crippen molar-refractivity contribution in [1.82, 2.24) is 0 Å². The van der Waals surface area contributed by atoms with Crippen LogP contribution in [0.2, 0.25) is 0 Å². The van der Waals surface area contributed by atoms with Gasteiger partial charge in [0.15, 0.2) is 0 Å². The molecule has 100 valence electrons. The van der Waals surface area contributed by atoms with Crippen LogP contribution in [-0.2, 0) is 20.3 Å². The Morgan fingerprint density at radius 2 is 2.17 bits per heavy atom. The molecule has 0 aliphatic rings. The minimum absolute atomic E-state index is 0.249. The lowest BCUT2D eigenvalue weighted by atomic mass is 10.2. The first-order valence-electron chi connectivity index (χ1n) is 5.92. The standard InChI is InChI=1S/C13H17FO3S/c1-3-6-12(13(15)17-4-2)18(16)11-8-5-7-10(14)9-11/h5,7-9,12H,3-4,6H2,1-2H3. The SMILES string of the molecule is CCCC(C(=O)OCC)S(=O)c1cccc(F)c1. The molecule has 0 fully saturated rings. The minimum Gasteiger partial charge on any atom is -0.465 e. The van der Waals surface area contributed by atoms with Gasteiger partial charge in [-0.3, -0.25) is 9.00 Å². The van der Waals surface area contributed by atoms with Crippen molar-refractivity contribution in [3.8, 4) is 0 Å². The predicted octanol–water partition coefficient (Wildman–Crippen LogP) is 2.67. The molecule has 0 spiro atoms. The van der Waals surface area contributed by atoms with Crippen molar-refractivity contribution in [2.24, 2.45) is 0 Å². The second kappa shape index (κ2) is 7.26. The van der Waals surface area contributed by atoms with Crippen molar-refractivity contribution in [2.75, 3.05) is 6.61 Å². The Labute approximate surface area is 109 Å². The van der Waals surface area contributed by atoms with Gasteiger partial charge < -0.3 is 4.74 Å². The first-order chi connectivity index (χ1) is 8.60. The molecule has 0 aliphatic heterocycles. The van der Waals surface area contributed by atoms with E-state index >= 15 is 0 Å². The van der Waals surface area contributed by atoms with Crippen LogP contribution in [-0.4, -0.2) is 22.0 Å². The smallest absolute Gasteiger partial charge is 0.322 e. The number of halogens is 1. The molecule has 0 saturated heterocycles. The monoisotopic (exact) mass is 272 g/mol. The predicted molar refractivity (Wildman–Crippen MR) is 68.1 cm³/mol. The fourth-order valence-corrected chi connectivity index (χ4v) is 3.03. The van der Waals surface area contributed by atoms with Crippen molar-refractivity contribution < 1.29 is 18.1 Å². The molecule has 3 nitrogen and oxygen atoms in total. The number of esters is 1. The second-order valence-corrected chi connectivity index (χ2v) is 5.42. The molecule has 0 amide bonds. The third-order valence-corrected chi connectivity index (χ3v) is 4.05. The lowest BCUT2D eigenvalue weighted by Gasteiger charge is -2.14. The maximum absolute atomic E-state index is 13.1. The number of hydrogen-bond acceptors (Lipinski definition) is 3. The van der Waals surface area contributed by atoms with Gasteiger partial charge in [0.25, 0.3) is 0 Å². The first kappa shape index (κ1) is 14.8. The van der Waals surface area contributed by atoms with Crippen LogP contribution >= 0.6 is 0 Å². The highest BCUT2D eigenvalue weighted by Gasteiger charge is 2.26. The van der Waals surface area contributed by atoms with Crippen LogP contribution in [0.1, 0.15) is 26.7 Å². The summed E-state index contributed by atoms with van der Waals surface area (Å²) in [6, 6.07) is 5.51. The molecular weight excluding hydrogens is 255 g/mol. The van der Waals surface area contributed by atoms with Gasteiger partial charge in [0.2, 0.25) is 0 Å². The zero-order valence-corrected chi connectivity index (χ0v) is 11.3. The van der Waals surface area contributed by atoms with E-state index in [9.17, 15) is 13.4 Å². The average molecular weight is 272 g/mol. The summed E-state index contributed by atoms with van der Waals surface area (Å²) in [6.45, 7) is 3.85. The van der Waals surface area contributed by atoms with Gasteiger partial charge in [0.05, 0.1) is 17.4 Å². The fraction of sp³-hybridized carbons (Fsp3) is 0.462. The van der Waals surface area contributed by atoms with Crippen LogP contribution in [0.3, 0.4) is 0 Å². The van der Waals surface area contributed by atoms with E-state index in [0.717, 1.165) is 0 Å². The summed E-state index contributed by atoms with van der Waals surface area (Å²) in [4.78, 5) is 12.0. The number of carbonyl (C=O) groups is 1. The average Bonchev–Trinajstić information content (AvgIpc) is 2.35. The van der Waals surface area contributed by atoms with E-state index in [0.29, 0.717) is 17.7 Å². The molecule has 2 unspecified atom stereocenters. The van der Waals surface area contributed by atoms with Gasteiger partial charge in [-0.15, -0.1) is 0 Å². The van der Waals surface area contributed by atoms with Crippen LogP contribution in [0.4, 0.5) is 4.39 Å². The number of hydrogen-bond donors (Lipinski definition) is 0. The van der Waals surface area contributed by atoms with Gasteiger partial charge in [-0.1, -0.05) is 19.4 Å². The van der Waals surface area contributed by atoms with Crippen molar-refractivity contribution in [1.29, 1.82) is 0 Å². The summed E-state index contributed by atoms with van der Waals surface area (Å²) in [5.74, 6) is -0.943. The van der Waals surface area contributed by atoms with E-state index in [1.807, 2.05) is 6.92 Å². The van der Waals surface area contributed by atoms with Crippen molar-refractivity contribution >= 4 is 16.8 Å². The first-order valence-corrected chi connectivity index (χ1v) is 7.14. The van der Waals surface area contributed by atoms with Crippen molar-refractivity contribution in [2.45, 2.75) is 36.8 Å². The summed E-state index contributed by atoms with van der Waals surface area (Å²) in [5.41, 5.74) is 0. The van der Waals surface area contributed by atoms with E-state index in [2.05, 4.69) is 0 Å². The molecule has 2 atom stereocenters. The lowest BCUT2D eigenvalue weighted by Crippen LogP contribution is -2.28. The maximum atomic E-state index is 13.1. The van der Waals surface area contributed by atoms with Gasteiger partial charge in [-0.2, -0.15) is 0 Å². The summed E-state index contributed by atoms with van der Waals surface area (Å²) >= 11 is 0. The highest BCUT2D eigenvalue weighted by Crippen LogP contribution is 2.17. The van der Waals surface area contributed by atoms with E-state index in [-0.39, 0.29) is 6.61 Å². The van der Waals surface area contributed by atoms with Crippen LogP contribution in [0.5, 0.6) is 0 Å². The normalized spacial score (nSPS) is 13.9. The topological polar surface area (TPSA) is 43.4 Å². The zero-order valence-electron chi connectivity index (χ0n) is 10.5. The Balaban J connectivity index is 2.92. The minimum atomic E-state index is -1.58. The Kier molecular flexibility index (Phi) is 5.98. The number of ether oxygens (including phenoxy) is 1. The maximum Gasteiger partial charge on any atom is 0.322 e. The molecule has 1 aromatic carbocycles. The molecule has 5 heteroatoms. The van der Waals surface area contributed by atoms with Crippen molar-refractivity contribution in [3.63, 3.8) is 0 Å². The molecule has 18 heavy (non-hydrogen) atoms. The van der Waals surface area contributed by atoms with Gasteiger partial charge in [-0.05, 0) is 31.5 Å². The van der Waals surface area contributed by atoms with Gasteiger partial charge >= 0.3 is 5.97 Å². The summed E-state index contributed by atoms with van der Waals surface area (Å²) < 4.78 is 30.2. The Morgan fingerprint density at radius 3 is 2.72 bits per heavy atom. The Hall–Kier alpha value is -1.23. The molecular formula is C13H17FO3S. The van der Waals surface area contributed by atoms with Gasteiger partial charge in [-0.25, -0.2) is 4.39 Å². The summed E-state index contributed by atoms with van der Waals surface area (Å²) in [5, 5.41) is -0.725. The fourth-order valence-electron chi connectivity index (χ4n) is 1.57. The molecule has 0 bridgehead atoms. The highest BCUT2D eigenvalue weighted by atomic mass is 32.2. The van der Waals surface area contributed by atoms with Crippen LogP contribution in [0.25, 0.3) is 0 Å². The second-order valence-electron chi connectivity index (χ2n) is 3.78. The van der Waals surface area contributed by atoms with Crippen LogP contribution < -0.4 is 0 Å². The van der Waals surface area contributed by atoms with Crippen LogP contribution in [0.15, 0.2) is 29.2 Å². The molecule has 1 aromatic rings. The molecule has 0 N–H and O–H groups in total. The van der Waals surface area contributed by atoms with Crippen molar-refractivity contribution in [3.05, 3.63) is 30.1 Å². The van der Waals surface area contributed by atoms with Crippen LogP contribution in [0, 0.1) is 5.82 Å². The molecule has 0 heterocycles. The van der Waals surface area contributed by atoms with Gasteiger partial charge in [0, 0.05) is 4.90 Å². The summed E-state index contributed by atoms with van der Waals surface area (Å²) in [7, 11) is -1.58. The van der Waals surface area contributed by atoms with E-state index in [1.54, 1.807) is 13.0 Å². The highest BCUT2D eigenvalue weighted by molar-refractivity contribution is 7.86. The third-order valence-electron chi connectivity index (χ3n) is 2.39. The molecule has 1 rings (SSSR count). The van der Waals surface area contributed by atoms with E-state index < -0.39 is 27.8 Å². The Bertz CT molecular complexity index is 434. The number of carbonyl (C=O) groups excluding carboxylic acids is 1. The van der Waals surface area contributed by atoms with Gasteiger partial charge in [0.1, 0.15) is 11.1 Å². The van der Waals surface area contributed by atoms with E-state index in [4.69, 9.17) is 4.74 Å². The molecule has 0 radical (unpaired) electrons. The quantitative estimate of drug-likeness (QED) is 0.748. The lowest BCUT2D eigenvalue weighted by molar-refractivity contribution is -0.142. The molecule has 0 aliphatic carbocycles. The van der Waals surface area contributed by atoms with E-state index in [1.165, 1.54) is 18.2 Å². The third kappa shape index (κ3) is 3.91. The largest absolute Gasteiger partial charge is 0.465 e. The summed E-state index contributed by atoms with van der Waals surface area (Å²) in [6.07, 6.45) is 1.17. The Morgan fingerprint density at radius 1 is 1.44 bits per heavy atom. The molecule has 0 saturated carbocycles.